The van der Waals surface area contributed by atoms with Crippen LogP contribution < -0.4 is 10.9 Å². The number of anilines is 1. The summed E-state index contributed by atoms with van der Waals surface area (Å²) < 4.78 is 7.19. The first kappa shape index (κ1) is 16.4. The fraction of sp³-hybridized carbons (Fsp3) is 0.667. The lowest BCUT2D eigenvalue weighted by Crippen LogP contribution is -2.47. The Labute approximate surface area is 139 Å². The lowest BCUT2D eigenvalue weighted by Gasteiger charge is -2.33. The molecule has 0 aliphatic carbocycles. The summed E-state index contributed by atoms with van der Waals surface area (Å²) in [5.41, 5.74) is 0.710. The molecule has 23 heavy (non-hydrogen) atoms. The highest BCUT2D eigenvalue weighted by Gasteiger charge is 2.24. The summed E-state index contributed by atoms with van der Waals surface area (Å²) in [6.45, 7) is 6.75. The van der Waals surface area contributed by atoms with Crippen molar-refractivity contribution in [3.63, 3.8) is 0 Å². The topological polar surface area (TPSA) is 71.8 Å². The van der Waals surface area contributed by atoms with E-state index in [0.717, 1.165) is 38.2 Å². The first-order chi connectivity index (χ1) is 11.1. The Morgan fingerprint density at radius 1 is 1.57 bits per heavy atom. The molecule has 0 aromatic carbocycles. The highest BCUT2D eigenvalue weighted by atomic mass is 32.1. The van der Waals surface area contributed by atoms with Crippen molar-refractivity contribution in [2.24, 2.45) is 0 Å². The predicted octanol–water partition coefficient (Wildman–Crippen LogP) is 1.23. The van der Waals surface area contributed by atoms with Crippen LogP contribution in [0.3, 0.4) is 0 Å². The summed E-state index contributed by atoms with van der Waals surface area (Å²) in [7, 11) is 2.10. The molecule has 2 aromatic rings. The van der Waals surface area contributed by atoms with Gasteiger partial charge in [-0.1, -0.05) is 24.7 Å². The van der Waals surface area contributed by atoms with E-state index in [4.69, 9.17) is 4.74 Å². The van der Waals surface area contributed by atoms with Gasteiger partial charge in [0.1, 0.15) is 0 Å². The number of fused-ring (bicyclic) bond motifs is 1. The third-order valence-electron chi connectivity index (χ3n) is 4.01. The summed E-state index contributed by atoms with van der Waals surface area (Å²) in [6, 6.07) is 1.69. The van der Waals surface area contributed by atoms with Crippen LogP contribution in [0.15, 0.2) is 10.9 Å². The number of rotatable bonds is 5. The van der Waals surface area contributed by atoms with Crippen LogP contribution >= 0.6 is 11.3 Å². The molecule has 0 spiro atoms. The predicted molar refractivity (Wildman–Crippen MR) is 91.5 cm³/mol. The molecule has 2 aromatic heterocycles. The molecule has 1 saturated heterocycles. The van der Waals surface area contributed by atoms with Crippen LogP contribution in [-0.2, 0) is 11.2 Å². The molecule has 3 heterocycles. The Morgan fingerprint density at radius 3 is 3.13 bits per heavy atom. The summed E-state index contributed by atoms with van der Waals surface area (Å²) in [4.78, 5) is 19.5. The lowest BCUT2D eigenvalue weighted by atomic mass is 10.1. The maximum atomic E-state index is 12.1. The van der Waals surface area contributed by atoms with Gasteiger partial charge in [-0.2, -0.15) is 4.52 Å². The molecule has 1 aliphatic heterocycles. The van der Waals surface area contributed by atoms with Gasteiger partial charge in [0.25, 0.3) is 5.56 Å². The van der Waals surface area contributed by atoms with Crippen molar-refractivity contribution < 1.29 is 4.74 Å². The zero-order valence-corrected chi connectivity index (χ0v) is 14.6. The average molecular weight is 337 g/mol. The van der Waals surface area contributed by atoms with E-state index in [1.807, 2.05) is 0 Å². The molecule has 0 bridgehead atoms. The van der Waals surface area contributed by atoms with Gasteiger partial charge in [-0.3, -0.25) is 4.79 Å². The molecular weight excluding hydrogens is 314 g/mol. The Kier molecular flexibility index (Phi) is 4.93. The van der Waals surface area contributed by atoms with Crippen LogP contribution in [0.1, 0.15) is 26.0 Å². The number of morpholine rings is 1. The minimum atomic E-state index is -0.121. The van der Waals surface area contributed by atoms with Gasteiger partial charge >= 0.3 is 0 Å². The Balaban J connectivity index is 1.77. The zero-order chi connectivity index (χ0) is 16.4. The van der Waals surface area contributed by atoms with Gasteiger partial charge in [0.2, 0.25) is 10.1 Å². The van der Waals surface area contributed by atoms with E-state index in [1.54, 1.807) is 6.07 Å². The van der Waals surface area contributed by atoms with E-state index < -0.39 is 0 Å². The Hall–Kier alpha value is -1.51. The number of nitrogens with one attached hydrogen (secondary N) is 1. The van der Waals surface area contributed by atoms with Crippen molar-refractivity contribution in [1.82, 2.24) is 19.5 Å². The van der Waals surface area contributed by atoms with E-state index in [0.29, 0.717) is 10.1 Å². The van der Waals surface area contributed by atoms with E-state index in [1.165, 1.54) is 15.9 Å². The van der Waals surface area contributed by atoms with Gasteiger partial charge in [0, 0.05) is 24.8 Å². The van der Waals surface area contributed by atoms with Gasteiger partial charge in [0.05, 0.1) is 18.8 Å². The van der Waals surface area contributed by atoms with Crippen molar-refractivity contribution in [2.45, 2.75) is 38.8 Å². The van der Waals surface area contributed by atoms with E-state index in [2.05, 4.69) is 41.2 Å². The van der Waals surface area contributed by atoms with Gasteiger partial charge in [-0.05, 0) is 20.4 Å². The SMILES string of the molecule is CCCc1cc(=O)n2nc(NC(C)C3CN(C)CCO3)sc2n1. The molecule has 1 N–H and O–H groups in total. The highest BCUT2D eigenvalue weighted by Crippen LogP contribution is 2.19. The van der Waals surface area contributed by atoms with Crippen LogP contribution in [0.2, 0.25) is 0 Å². The number of hydrogen-bond donors (Lipinski definition) is 1. The maximum Gasteiger partial charge on any atom is 0.275 e. The molecular formula is C15H23N5O2S. The number of nitrogens with zero attached hydrogens (tertiary/aromatic N) is 4. The molecule has 7 nitrogen and oxygen atoms in total. The standard InChI is InChI=1S/C15H23N5O2S/c1-4-5-11-8-13(21)20-15(17-11)23-14(18-20)16-10(2)12-9-19(3)6-7-22-12/h8,10,12H,4-7,9H2,1-3H3,(H,16,18). The minimum Gasteiger partial charge on any atom is -0.373 e. The molecule has 1 fully saturated rings. The molecule has 1 aliphatic rings. The van der Waals surface area contributed by atoms with Crippen LogP contribution in [-0.4, -0.2) is 58.4 Å². The van der Waals surface area contributed by atoms with Crippen LogP contribution in [0.4, 0.5) is 5.13 Å². The van der Waals surface area contributed by atoms with Crippen molar-refractivity contribution in [3.8, 4) is 0 Å². The van der Waals surface area contributed by atoms with Crippen LogP contribution in [0.25, 0.3) is 4.96 Å². The van der Waals surface area contributed by atoms with E-state index in [9.17, 15) is 4.79 Å². The Morgan fingerprint density at radius 2 is 2.39 bits per heavy atom. The fourth-order valence-corrected chi connectivity index (χ4v) is 3.62. The zero-order valence-electron chi connectivity index (χ0n) is 13.8. The lowest BCUT2D eigenvalue weighted by molar-refractivity contribution is -0.0259. The molecule has 0 radical (unpaired) electrons. The second-order valence-electron chi connectivity index (χ2n) is 6.04. The second-order valence-corrected chi connectivity index (χ2v) is 7.00. The number of ether oxygens (including phenoxy) is 1. The van der Waals surface area contributed by atoms with E-state index >= 15 is 0 Å². The number of likely N-dealkylation sites (N-methyl/N-ethyl adjacent to an activating group) is 1. The van der Waals surface area contributed by atoms with Gasteiger partial charge in [-0.15, -0.1) is 5.10 Å². The minimum absolute atomic E-state index is 0.112. The maximum absolute atomic E-state index is 12.1. The molecule has 2 unspecified atom stereocenters. The average Bonchev–Trinajstić information content (AvgIpc) is 2.90. The fourth-order valence-electron chi connectivity index (χ4n) is 2.70. The third kappa shape index (κ3) is 3.70. The molecule has 3 rings (SSSR count). The third-order valence-corrected chi connectivity index (χ3v) is 4.85. The van der Waals surface area contributed by atoms with Crippen molar-refractivity contribution in [3.05, 3.63) is 22.1 Å². The summed E-state index contributed by atoms with van der Waals surface area (Å²) in [5, 5.41) is 8.40. The van der Waals surface area contributed by atoms with E-state index in [-0.39, 0.29) is 17.7 Å². The first-order valence-electron chi connectivity index (χ1n) is 8.03. The quantitative estimate of drug-likeness (QED) is 0.885. The molecule has 126 valence electrons. The smallest absolute Gasteiger partial charge is 0.275 e. The van der Waals surface area contributed by atoms with Gasteiger partial charge < -0.3 is 15.0 Å². The first-order valence-corrected chi connectivity index (χ1v) is 8.85. The van der Waals surface area contributed by atoms with Crippen LogP contribution in [0.5, 0.6) is 0 Å². The number of aromatic nitrogens is 3. The number of aryl methyl sites for hydroxylation is 1. The largest absolute Gasteiger partial charge is 0.373 e. The van der Waals surface area contributed by atoms with Gasteiger partial charge in [-0.25, -0.2) is 4.98 Å². The molecule has 8 heteroatoms. The normalized spacial score (nSPS) is 20.7. The second kappa shape index (κ2) is 6.94. The highest BCUT2D eigenvalue weighted by molar-refractivity contribution is 7.20. The summed E-state index contributed by atoms with van der Waals surface area (Å²) >= 11 is 1.41. The summed E-state index contributed by atoms with van der Waals surface area (Å²) in [6.07, 6.45) is 1.89. The molecule has 2 atom stereocenters. The van der Waals surface area contributed by atoms with Crippen molar-refractivity contribution in [2.75, 3.05) is 32.1 Å². The summed E-state index contributed by atoms with van der Waals surface area (Å²) in [5.74, 6) is 0. The van der Waals surface area contributed by atoms with Crippen molar-refractivity contribution >= 4 is 21.4 Å². The van der Waals surface area contributed by atoms with Crippen molar-refractivity contribution in [1.29, 1.82) is 0 Å². The molecule has 0 saturated carbocycles. The molecule has 0 amide bonds. The van der Waals surface area contributed by atoms with Gasteiger partial charge in [0.15, 0.2) is 0 Å². The Bertz CT molecular complexity index is 728. The monoisotopic (exact) mass is 337 g/mol. The van der Waals surface area contributed by atoms with Crippen LogP contribution in [0, 0.1) is 0 Å². The number of hydrogen-bond acceptors (Lipinski definition) is 7.